The molecule has 0 heteroatoms. The van der Waals surface area contributed by atoms with Crippen LogP contribution in [0.3, 0.4) is 0 Å². The number of hydrogen-bond acceptors (Lipinski definition) is 0. The van der Waals surface area contributed by atoms with Gasteiger partial charge in [0.15, 0.2) is 0 Å². The monoisotopic (exact) mass is 419 g/mol. The molecule has 0 rings (SSSR count). The van der Waals surface area contributed by atoms with Gasteiger partial charge in [0, 0.05) is 0 Å². The molecule has 0 aliphatic rings. The fourth-order valence-electron chi connectivity index (χ4n) is 4.36. The summed E-state index contributed by atoms with van der Waals surface area (Å²) in [5.41, 5.74) is 0. The van der Waals surface area contributed by atoms with Gasteiger partial charge in [-0.3, -0.25) is 0 Å². The molecule has 179 valence electrons. The van der Waals surface area contributed by atoms with E-state index >= 15 is 0 Å². The molecule has 0 saturated carbocycles. The molecule has 0 aliphatic carbocycles. The first-order valence-corrected chi connectivity index (χ1v) is 14.4. The predicted octanol–water partition coefficient (Wildman–Crippen LogP) is 11.5. The van der Waals surface area contributed by atoms with Crippen molar-refractivity contribution in [2.45, 2.75) is 174 Å². The second-order valence-electron chi connectivity index (χ2n) is 9.68. The van der Waals surface area contributed by atoms with Crippen molar-refractivity contribution in [3.05, 3.63) is 19.1 Å². The molecule has 0 fully saturated rings. The first-order valence-electron chi connectivity index (χ1n) is 14.4. The summed E-state index contributed by atoms with van der Waals surface area (Å²) in [7, 11) is 0. The maximum atomic E-state index is 3.92. The molecule has 0 bridgehead atoms. The lowest BCUT2D eigenvalue weighted by Gasteiger charge is -2.04. The van der Waals surface area contributed by atoms with Crippen LogP contribution in [-0.4, -0.2) is 0 Å². The number of hydrogen-bond donors (Lipinski definition) is 0. The molecule has 0 atom stereocenters. The zero-order chi connectivity index (χ0) is 21.8. The summed E-state index contributed by atoms with van der Waals surface area (Å²) in [6, 6.07) is 0. The molecule has 1 radical (unpaired) electrons. The van der Waals surface area contributed by atoms with Crippen molar-refractivity contribution >= 4 is 0 Å². The molecule has 0 aromatic heterocycles. The molecular formula is C30H59. The molecule has 0 unspecified atom stereocenters. The number of rotatable bonds is 26. The average molecular weight is 420 g/mol. The third-order valence-electron chi connectivity index (χ3n) is 6.51. The van der Waals surface area contributed by atoms with E-state index < -0.39 is 0 Å². The first-order chi connectivity index (χ1) is 14.9. The second-order valence-corrected chi connectivity index (χ2v) is 9.68. The highest BCUT2D eigenvalue weighted by atomic mass is 14.0. The Morgan fingerprint density at radius 3 is 0.933 bits per heavy atom. The second kappa shape index (κ2) is 28.7. The van der Waals surface area contributed by atoms with Crippen LogP contribution in [0.4, 0.5) is 0 Å². The molecule has 0 N–H and O–H groups in total. The van der Waals surface area contributed by atoms with Crippen LogP contribution < -0.4 is 0 Å². The SMILES string of the molecule is [CH2]CCCCCCCCCCCCCCCCCCCCCCCC=CCCCC. The van der Waals surface area contributed by atoms with Crippen molar-refractivity contribution in [2.75, 3.05) is 0 Å². The van der Waals surface area contributed by atoms with E-state index in [9.17, 15) is 0 Å². The summed E-state index contributed by atoms with van der Waals surface area (Å²) < 4.78 is 0. The molecule has 0 aliphatic heterocycles. The number of allylic oxidation sites excluding steroid dienone is 2. The normalized spacial score (nSPS) is 11.7. The fraction of sp³-hybridized carbons (Fsp3) is 0.900. The highest BCUT2D eigenvalue weighted by Gasteiger charge is 1.95. The highest BCUT2D eigenvalue weighted by Crippen LogP contribution is 2.15. The molecule has 0 heterocycles. The van der Waals surface area contributed by atoms with Gasteiger partial charge in [0.1, 0.15) is 0 Å². The Bertz CT molecular complexity index is 303. The van der Waals surface area contributed by atoms with Gasteiger partial charge < -0.3 is 0 Å². The first kappa shape index (κ1) is 29.7. The van der Waals surface area contributed by atoms with Gasteiger partial charge in [-0.1, -0.05) is 174 Å². The average Bonchev–Trinajstić information content (AvgIpc) is 2.76. The summed E-state index contributed by atoms with van der Waals surface area (Å²) >= 11 is 0. The lowest BCUT2D eigenvalue weighted by molar-refractivity contribution is 0.520. The predicted molar refractivity (Wildman–Crippen MR) is 140 cm³/mol. The Balaban J connectivity index is 3.01. The minimum Gasteiger partial charge on any atom is -0.0885 e. The molecule has 0 amide bonds. The van der Waals surface area contributed by atoms with E-state index in [0.717, 1.165) is 6.42 Å². The van der Waals surface area contributed by atoms with E-state index in [4.69, 9.17) is 0 Å². The van der Waals surface area contributed by atoms with Crippen LogP contribution in [0.2, 0.25) is 0 Å². The van der Waals surface area contributed by atoms with Crippen LogP contribution in [0.1, 0.15) is 174 Å². The van der Waals surface area contributed by atoms with E-state index in [0.29, 0.717) is 0 Å². The van der Waals surface area contributed by atoms with E-state index in [1.807, 2.05) is 0 Å². The Morgan fingerprint density at radius 1 is 0.367 bits per heavy atom. The summed E-state index contributed by atoms with van der Waals surface area (Å²) in [4.78, 5) is 0. The van der Waals surface area contributed by atoms with Crippen LogP contribution >= 0.6 is 0 Å². The van der Waals surface area contributed by atoms with E-state index in [2.05, 4.69) is 26.0 Å². The Morgan fingerprint density at radius 2 is 0.633 bits per heavy atom. The molecule has 30 heavy (non-hydrogen) atoms. The maximum Gasteiger partial charge on any atom is -0.0351 e. The topological polar surface area (TPSA) is 0 Å². The molecule has 0 aromatic carbocycles. The zero-order valence-electron chi connectivity index (χ0n) is 21.2. The minimum atomic E-state index is 1.12. The lowest BCUT2D eigenvalue weighted by Crippen LogP contribution is -1.84. The Hall–Kier alpha value is -0.260. The molecule has 0 spiro atoms. The summed E-state index contributed by atoms with van der Waals surface area (Å²) in [5, 5.41) is 0. The summed E-state index contributed by atoms with van der Waals surface area (Å²) in [6.07, 6.45) is 41.8. The van der Waals surface area contributed by atoms with Gasteiger partial charge in [-0.25, -0.2) is 0 Å². The van der Waals surface area contributed by atoms with Crippen molar-refractivity contribution in [1.29, 1.82) is 0 Å². The van der Waals surface area contributed by atoms with Gasteiger partial charge in [-0.15, -0.1) is 0 Å². The van der Waals surface area contributed by atoms with Gasteiger partial charge in [0.25, 0.3) is 0 Å². The summed E-state index contributed by atoms with van der Waals surface area (Å²) in [5.74, 6) is 0. The standard InChI is InChI=1S/C30H59/c1-3-5-7-9-11-13-15-17-19-21-23-25-27-29-30-28-26-24-22-20-18-16-14-12-10-8-6-4-2/h10,12H,1,3-9,11,13-30H2,2H3. The lowest BCUT2D eigenvalue weighted by atomic mass is 10.0. The molecule has 0 aromatic rings. The largest absolute Gasteiger partial charge is 0.0885 e. The Kier molecular flexibility index (Phi) is 28.5. The number of unbranched alkanes of at least 4 members (excludes halogenated alkanes) is 24. The third-order valence-corrected chi connectivity index (χ3v) is 6.51. The minimum absolute atomic E-state index is 1.12. The fourth-order valence-corrected chi connectivity index (χ4v) is 4.36. The van der Waals surface area contributed by atoms with Gasteiger partial charge >= 0.3 is 0 Å². The van der Waals surface area contributed by atoms with Crippen molar-refractivity contribution in [3.63, 3.8) is 0 Å². The van der Waals surface area contributed by atoms with E-state index in [1.165, 1.54) is 161 Å². The van der Waals surface area contributed by atoms with Crippen molar-refractivity contribution in [2.24, 2.45) is 0 Å². The van der Waals surface area contributed by atoms with Gasteiger partial charge in [-0.2, -0.15) is 0 Å². The zero-order valence-corrected chi connectivity index (χ0v) is 21.2. The van der Waals surface area contributed by atoms with Gasteiger partial charge in [-0.05, 0) is 19.3 Å². The van der Waals surface area contributed by atoms with Crippen LogP contribution in [0.5, 0.6) is 0 Å². The van der Waals surface area contributed by atoms with Crippen LogP contribution in [-0.2, 0) is 0 Å². The van der Waals surface area contributed by atoms with E-state index in [-0.39, 0.29) is 0 Å². The van der Waals surface area contributed by atoms with Gasteiger partial charge in [0.2, 0.25) is 0 Å². The Labute approximate surface area is 193 Å². The van der Waals surface area contributed by atoms with Crippen molar-refractivity contribution in [3.8, 4) is 0 Å². The molecule has 0 saturated heterocycles. The van der Waals surface area contributed by atoms with Crippen molar-refractivity contribution < 1.29 is 0 Å². The van der Waals surface area contributed by atoms with Crippen LogP contribution in [0.15, 0.2) is 12.2 Å². The quantitative estimate of drug-likeness (QED) is 0.0965. The third kappa shape index (κ3) is 27.7. The molecule has 0 nitrogen and oxygen atoms in total. The van der Waals surface area contributed by atoms with Crippen LogP contribution in [0.25, 0.3) is 0 Å². The maximum absolute atomic E-state index is 3.92. The summed E-state index contributed by atoms with van der Waals surface area (Å²) in [6.45, 7) is 6.19. The van der Waals surface area contributed by atoms with Gasteiger partial charge in [0.05, 0.1) is 0 Å². The smallest absolute Gasteiger partial charge is 0.0351 e. The van der Waals surface area contributed by atoms with E-state index in [1.54, 1.807) is 0 Å². The highest BCUT2D eigenvalue weighted by molar-refractivity contribution is 4.81. The van der Waals surface area contributed by atoms with Crippen molar-refractivity contribution in [1.82, 2.24) is 0 Å². The van der Waals surface area contributed by atoms with Crippen LogP contribution in [0, 0.1) is 6.92 Å². The molecular weight excluding hydrogens is 360 g/mol.